The SMILES string of the molecule is Cn1cccc1C(c1ccc(C(F)(F)F)cc1)N1CCCCC1.Nc1ccccc1-n1cccc1C(c1c(F)cccc1Cl)N1CCCC1. The van der Waals surface area contributed by atoms with Crippen LogP contribution in [0, 0.1) is 5.82 Å². The van der Waals surface area contributed by atoms with Crippen molar-refractivity contribution < 1.29 is 17.6 Å². The molecular formula is C39H42ClF4N5. The molecule has 2 saturated heterocycles. The second-order valence-electron chi connectivity index (χ2n) is 12.8. The van der Waals surface area contributed by atoms with Crippen molar-refractivity contribution in [3.8, 4) is 5.69 Å². The van der Waals surface area contributed by atoms with Crippen molar-refractivity contribution >= 4 is 17.3 Å². The molecule has 2 N–H and O–H groups in total. The normalized spacial score (nSPS) is 17.0. The van der Waals surface area contributed by atoms with Crippen molar-refractivity contribution in [1.82, 2.24) is 18.9 Å². The lowest BCUT2D eigenvalue weighted by Gasteiger charge is -2.35. The highest BCUT2D eigenvalue weighted by Crippen LogP contribution is 2.39. The van der Waals surface area contributed by atoms with Gasteiger partial charge in [0.2, 0.25) is 0 Å². The van der Waals surface area contributed by atoms with Crippen LogP contribution in [0.3, 0.4) is 0 Å². The van der Waals surface area contributed by atoms with Gasteiger partial charge in [0, 0.05) is 41.4 Å². The van der Waals surface area contributed by atoms with Crippen molar-refractivity contribution in [2.45, 2.75) is 50.4 Å². The largest absolute Gasteiger partial charge is 0.416 e. The highest BCUT2D eigenvalue weighted by molar-refractivity contribution is 6.31. The lowest BCUT2D eigenvalue weighted by molar-refractivity contribution is -0.137. The number of nitrogens with zero attached hydrogens (tertiary/aromatic N) is 4. The number of aromatic nitrogens is 2. The molecule has 5 nitrogen and oxygen atoms in total. The van der Waals surface area contributed by atoms with Crippen molar-refractivity contribution in [3.05, 3.63) is 142 Å². The van der Waals surface area contributed by atoms with Gasteiger partial charge in [-0.05, 0) is 118 Å². The minimum atomic E-state index is -4.29. The van der Waals surface area contributed by atoms with Gasteiger partial charge in [0.25, 0.3) is 0 Å². The van der Waals surface area contributed by atoms with E-state index in [9.17, 15) is 17.6 Å². The molecule has 2 aromatic heterocycles. The Hall–Kier alpha value is -4.05. The monoisotopic (exact) mass is 691 g/mol. The average Bonchev–Trinajstić information content (AvgIpc) is 3.88. The summed E-state index contributed by atoms with van der Waals surface area (Å²) in [6.45, 7) is 3.81. The molecule has 2 aliphatic heterocycles. The van der Waals surface area contributed by atoms with Crippen LogP contribution in [0.15, 0.2) is 103 Å². The number of rotatable bonds is 7. The molecular weight excluding hydrogens is 650 g/mol. The van der Waals surface area contributed by atoms with Gasteiger partial charge in [-0.1, -0.05) is 48.4 Å². The van der Waals surface area contributed by atoms with E-state index in [1.807, 2.05) is 66.5 Å². The Bertz CT molecular complexity index is 1800. The molecule has 2 aliphatic rings. The first-order chi connectivity index (χ1) is 23.6. The molecule has 258 valence electrons. The second-order valence-corrected chi connectivity index (χ2v) is 13.2. The molecule has 2 atom stereocenters. The van der Waals surface area contributed by atoms with E-state index in [0.29, 0.717) is 16.3 Å². The zero-order valence-corrected chi connectivity index (χ0v) is 28.3. The molecule has 0 spiro atoms. The quantitative estimate of drug-likeness (QED) is 0.137. The van der Waals surface area contributed by atoms with Gasteiger partial charge in [0.05, 0.1) is 29.0 Å². The predicted molar refractivity (Wildman–Crippen MR) is 188 cm³/mol. The Morgan fingerprint density at radius 1 is 0.673 bits per heavy atom. The first kappa shape index (κ1) is 34.8. The molecule has 0 bridgehead atoms. The Morgan fingerprint density at radius 3 is 1.90 bits per heavy atom. The summed E-state index contributed by atoms with van der Waals surface area (Å²) in [5.41, 5.74) is 10.7. The van der Waals surface area contributed by atoms with E-state index < -0.39 is 11.7 Å². The molecule has 10 heteroatoms. The summed E-state index contributed by atoms with van der Waals surface area (Å²) >= 11 is 6.45. The van der Waals surface area contributed by atoms with Gasteiger partial charge < -0.3 is 14.9 Å². The molecule has 2 fully saturated rings. The van der Waals surface area contributed by atoms with Gasteiger partial charge in [-0.25, -0.2) is 4.39 Å². The van der Waals surface area contributed by atoms with E-state index in [1.165, 1.54) is 24.6 Å². The van der Waals surface area contributed by atoms with Gasteiger partial charge in [0.15, 0.2) is 0 Å². The van der Waals surface area contributed by atoms with E-state index in [2.05, 4.69) is 20.4 Å². The zero-order valence-electron chi connectivity index (χ0n) is 27.6. The summed E-state index contributed by atoms with van der Waals surface area (Å²) in [4.78, 5) is 4.68. The Labute approximate surface area is 290 Å². The molecule has 0 aliphatic carbocycles. The van der Waals surface area contributed by atoms with Crippen LogP contribution in [0.25, 0.3) is 5.69 Å². The van der Waals surface area contributed by atoms with E-state index in [-0.39, 0.29) is 17.9 Å². The third kappa shape index (κ3) is 7.74. The number of hydrogen-bond acceptors (Lipinski definition) is 3. The smallest absolute Gasteiger partial charge is 0.397 e. The molecule has 0 amide bonds. The summed E-state index contributed by atoms with van der Waals surface area (Å²) < 4.78 is 57.3. The number of nitrogens with two attached hydrogens (primary N) is 1. The Balaban J connectivity index is 0.000000171. The van der Waals surface area contributed by atoms with Gasteiger partial charge in [0.1, 0.15) is 5.82 Å². The summed E-state index contributed by atoms with van der Waals surface area (Å²) in [6, 6.07) is 26.0. The van der Waals surface area contributed by atoms with Crippen molar-refractivity contribution in [2.75, 3.05) is 31.9 Å². The highest BCUT2D eigenvalue weighted by atomic mass is 35.5. The van der Waals surface area contributed by atoms with Crippen LogP contribution in [0.1, 0.15) is 72.3 Å². The molecule has 0 radical (unpaired) electrons. The number of likely N-dealkylation sites (tertiary alicyclic amines) is 2. The fourth-order valence-electron chi connectivity index (χ4n) is 7.19. The first-order valence-corrected chi connectivity index (χ1v) is 17.2. The summed E-state index contributed by atoms with van der Waals surface area (Å²) in [6.07, 6.45) is 5.39. The topological polar surface area (TPSA) is 42.4 Å². The van der Waals surface area contributed by atoms with Crippen molar-refractivity contribution in [3.63, 3.8) is 0 Å². The number of benzene rings is 3. The summed E-state index contributed by atoms with van der Waals surface area (Å²) in [5.74, 6) is -0.275. The first-order valence-electron chi connectivity index (χ1n) is 16.9. The maximum Gasteiger partial charge on any atom is 0.416 e. The van der Waals surface area contributed by atoms with E-state index >= 15 is 0 Å². The van der Waals surface area contributed by atoms with Gasteiger partial charge in [-0.15, -0.1) is 0 Å². The van der Waals surface area contributed by atoms with Crippen LogP contribution in [0.5, 0.6) is 0 Å². The minimum absolute atomic E-state index is 0.0117. The maximum absolute atomic E-state index is 14.8. The number of halogens is 5. The number of aryl methyl sites for hydroxylation is 1. The molecule has 3 aromatic carbocycles. The highest BCUT2D eigenvalue weighted by Gasteiger charge is 2.33. The van der Waals surface area contributed by atoms with E-state index in [1.54, 1.807) is 24.3 Å². The van der Waals surface area contributed by atoms with Gasteiger partial charge in [-0.3, -0.25) is 9.80 Å². The number of hydrogen-bond donors (Lipinski definition) is 1. The third-order valence-corrected chi connectivity index (χ3v) is 9.94. The average molecular weight is 692 g/mol. The molecule has 0 saturated carbocycles. The zero-order chi connectivity index (χ0) is 34.5. The van der Waals surface area contributed by atoms with Crippen molar-refractivity contribution in [1.29, 1.82) is 0 Å². The second kappa shape index (κ2) is 15.2. The molecule has 5 aromatic rings. The fraction of sp³-hybridized carbons (Fsp3) is 0.333. The Morgan fingerprint density at radius 2 is 1.29 bits per heavy atom. The fourth-order valence-corrected chi connectivity index (χ4v) is 7.46. The van der Waals surface area contributed by atoms with Gasteiger partial charge in [-0.2, -0.15) is 13.2 Å². The number of piperidine rings is 1. The van der Waals surface area contributed by atoms with Crippen LogP contribution in [-0.4, -0.2) is 45.1 Å². The third-order valence-electron chi connectivity index (χ3n) is 9.61. The van der Waals surface area contributed by atoms with Crippen LogP contribution in [0.2, 0.25) is 5.02 Å². The number of alkyl halides is 3. The summed E-state index contributed by atoms with van der Waals surface area (Å²) in [5, 5.41) is 0.454. The predicted octanol–water partition coefficient (Wildman–Crippen LogP) is 9.66. The molecule has 2 unspecified atom stereocenters. The van der Waals surface area contributed by atoms with E-state index in [4.69, 9.17) is 17.3 Å². The minimum Gasteiger partial charge on any atom is -0.397 e. The lowest BCUT2D eigenvalue weighted by atomic mass is 9.97. The molecule has 4 heterocycles. The van der Waals surface area contributed by atoms with Crippen LogP contribution in [-0.2, 0) is 13.2 Å². The standard InChI is InChI=1S/C21H21ClFN3.C18H21F3N2/c22-15-7-5-8-16(23)20(15)21(25-12-3-4-13-25)19-11-6-14-26(19)18-10-2-1-9-17(18)24;1-22-11-5-6-16(22)17(23-12-3-2-4-13-23)14-7-9-15(10-8-14)18(19,20)21/h1-2,5-11,14,21H,3-4,12-13,24H2;5-11,17H,2-4,12-13H2,1H3. The maximum atomic E-state index is 14.8. The van der Waals surface area contributed by atoms with Gasteiger partial charge >= 0.3 is 6.18 Å². The summed E-state index contributed by atoms with van der Waals surface area (Å²) in [7, 11) is 1.98. The number of para-hydroxylation sites is 2. The number of anilines is 1. The molecule has 7 rings (SSSR count). The molecule has 49 heavy (non-hydrogen) atoms. The van der Waals surface area contributed by atoms with E-state index in [0.717, 1.165) is 74.5 Å². The van der Waals surface area contributed by atoms with Crippen molar-refractivity contribution in [2.24, 2.45) is 7.05 Å². The van der Waals surface area contributed by atoms with Crippen LogP contribution >= 0.6 is 11.6 Å². The van der Waals surface area contributed by atoms with Crippen LogP contribution in [0.4, 0.5) is 23.2 Å². The Kier molecular flexibility index (Phi) is 10.8. The van der Waals surface area contributed by atoms with Crippen LogP contribution < -0.4 is 5.73 Å². The number of nitrogen functional groups attached to an aromatic ring is 1. The lowest BCUT2D eigenvalue weighted by Crippen LogP contribution is -2.35.